The minimum absolute atomic E-state index is 0.310. The Balaban J connectivity index is 1.68. The third-order valence-corrected chi connectivity index (χ3v) is 3.67. The number of thioether (sulfide) groups is 1. The van der Waals surface area contributed by atoms with Gasteiger partial charge in [0, 0.05) is 39.3 Å². The molecule has 0 atom stereocenters. The summed E-state index contributed by atoms with van der Waals surface area (Å²) in [6.45, 7) is 6.36. The summed E-state index contributed by atoms with van der Waals surface area (Å²) >= 11 is 1.72. The summed E-state index contributed by atoms with van der Waals surface area (Å²) < 4.78 is 0. The molecule has 0 bridgehead atoms. The monoisotopic (exact) mass is 215 g/mol. The Morgan fingerprint density at radius 3 is 2.71 bits per heavy atom. The van der Waals surface area contributed by atoms with Gasteiger partial charge in [-0.05, 0) is 0 Å². The smallest absolute Gasteiger partial charge is 0.233 e. The second kappa shape index (κ2) is 5.00. The SMILES string of the molecule is O=C1CSCN1CCN1CCNCC1. The van der Waals surface area contributed by atoms with Gasteiger partial charge in [-0.15, -0.1) is 11.8 Å². The van der Waals surface area contributed by atoms with Gasteiger partial charge in [0.15, 0.2) is 0 Å². The summed E-state index contributed by atoms with van der Waals surface area (Å²) in [6.07, 6.45) is 0. The molecule has 2 saturated heterocycles. The van der Waals surface area contributed by atoms with E-state index in [9.17, 15) is 4.79 Å². The fourth-order valence-electron chi connectivity index (χ4n) is 1.79. The Kier molecular flexibility index (Phi) is 3.67. The molecule has 2 aliphatic rings. The van der Waals surface area contributed by atoms with Crippen LogP contribution in [-0.4, -0.2) is 66.6 Å². The number of hydrogen-bond acceptors (Lipinski definition) is 4. The van der Waals surface area contributed by atoms with E-state index < -0.39 is 0 Å². The van der Waals surface area contributed by atoms with Crippen LogP contribution >= 0.6 is 11.8 Å². The fourth-order valence-corrected chi connectivity index (χ4v) is 2.73. The van der Waals surface area contributed by atoms with E-state index in [1.165, 1.54) is 0 Å². The van der Waals surface area contributed by atoms with E-state index in [0.717, 1.165) is 45.1 Å². The van der Waals surface area contributed by atoms with Crippen LogP contribution in [0.3, 0.4) is 0 Å². The maximum absolute atomic E-state index is 11.3. The van der Waals surface area contributed by atoms with Crippen LogP contribution in [0.2, 0.25) is 0 Å². The van der Waals surface area contributed by atoms with Crippen LogP contribution in [0, 0.1) is 0 Å². The average Bonchev–Trinajstić information content (AvgIpc) is 2.63. The highest BCUT2D eigenvalue weighted by Gasteiger charge is 2.21. The lowest BCUT2D eigenvalue weighted by Gasteiger charge is -2.28. The fraction of sp³-hybridized carbons (Fsp3) is 0.889. The van der Waals surface area contributed by atoms with Crippen molar-refractivity contribution in [2.24, 2.45) is 0 Å². The molecule has 2 rings (SSSR count). The van der Waals surface area contributed by atoms with Crippen LogP contribution in [0.5, 0.6) is 0 Å². The van der Waals surface area contributed by atoms with Crippen molar-refractivity contribution in [2.75, 3.05) is 50.9 Å². The molecule has 5 heteroatoms. The Bertz CT molecular complexity index is 206. The molecule has 14 heavy (non-hydrogen) atoms. The molecular weight excluding hydrogens is 198 g/mol. The molecule has 4 nitrogen and oxygen atoms in total. The van der Waals surface area contributed by atoms with Crippen LogP contribution in [0.4, 0.5) is 0 Å². The van der Waals surface area contributed by atoms with E-state index in [2.05, 4.69) is 10.2 Å². The van der Waals surface area contributed by atoms with E-state index in [1.807, 2.05) is 4.90 Å². The molecule has 0 aromatic rings. The van der Waals surface area contributed by atoms with Crippen molar-refractivity contribution in [1.82, 2.24) is 15.1 Å². The molecule has 0 radical (unpaired) electrons. The second-order valence-electron chi connectivity index (χ2n) is 3.73. The van der Waals surface area contributed by atoms with E-state index in [4.69, 9.17) is 0 Å². The van der Waals surface area contributed by atoms with Crippen molar-refractivity contribution in [3.8, 4) is 0 Å². The van der Waals surface area contributed by atoms with Crippen LogP contribution in [0.25, 0.3) is 0 Å². The van der Waals surface area contributed by atoms with Crippen molar-refractivity contribution in [2.45, 2.75) is 0 Å². The topological polar surface area (TPSA) is 35.6 Å². The van der Waals surface area contributed by atoms with Gasteiger partial charge in [-0.3, -0.25) is 9.69 Å². The third-order valence-electron chi connectivity index (χ3n) is 2.72. The molecule has 1 N–H and O–H groups in total. The maximum atomic E-state index is 11.3. The predicted octanol–water partition coefficient (Wildman–Crippen LogP) is -0.575. The zero-order chi connectivity index (χ0) is 9.80. The van der Waals surface area contributed by atoms with Crippen LogP contribution in [0.15, 0.2) is 0 Å². The van der Waals surface area contributed by atoms with E-state index in [-0.39, 0.29) is 0 Å². The minimum atomic E-state index is 0.310. The lowest BCUT2D eigenvalue weighted by atomic mass is 10.3. The summed E-state index contributed by atoms with van der Waals surface area (Å²) in [6, 6.07) is 0. The lowest BCUT2D eigenvalue weighted by molar-refractivity contribution is -0.126. The number of amides is 1. The second-order valence-corrected chi connectivity index (χ2v) is 4.68. The number of nitrogens with one attached hydrogen (secondary N) is 1. The highest BCUT2D eigenvalue weighted by atomic mass is 32.2. The normalized spacial score (nSPS) is 24.6. The molecule has 0 spiro atoms. The molecular formula is C9H17N3OS. The van der Waals surface area contributed by atoms with Crippen molar-refractivity contribution in [3.63, 3.8) is 0 Å². The number of hydrogen-bond donors (Lipinski definition) is 1. The molecule has 0 aliphatic carbocycles. The number of carbonyl (C=O) groups is 1. The van der Waals surface area contributed by atoms with Gasteiger partial charge >= 0.3 is 0 Å². The molecule has 2 aliphatic heterocycles. The summed E-state index contributed by atoms with van der Waals surface area (Å²) in [5.41, 5.74) is 0. The first-order chi connectivity index (χ1) is 6.86. The number of rotatable bonds is 3. The van der Waals surface area contributed by atoms with Crippen molar-refractivity contribution in [3.05, 3.63) is 0 Å². The largest absolute Gasteiger partial charge is 0.331 e. The van der Waals surface area contributed by atoms with E-state index in [1.54, 1.807) is 11.8 Å². The highest BCUT2D eigenvalue weighted by Crippen LogP contribution is 2.14. The zero-order valence-electron chi connectivity index (χ0n) is 8.37. The molecule has 2 fully saturated rings. The molecule has 0 unspecified atom stereocenters. The Morgan fingerprint density at radius 2 is 2.07 bits per heavy atom. The first-order valence-corrected chi connectivity index (χ1v) is 6.30. The van der Waals surface area contributed by atoms with Crippen LogP contribution in [0.1, 0.15) is 0 Å². The maximum Gasteiger partial charge on any atom is 0.233 e. The molecule has 80 valence electrons. The van der Waals surface area contributed by atoms with Crippen LogP contribution < -0.4 is 5.32 Å². The van der Waals surface area contributed by atoms with Crippen molar-refractivity contribution in [1.29, 1.82) is 0 Å². The van der Waals surface area contributed by atoms with Gasteiger partial charge in [-0.1, -0.05) is 0 Å². The summed E-state index contributed by atoms with van der Waals surface area (Å²) in [5.74, 6) is 1.89. The first kappa shape index (κ1) is 10.3. The Morgan fingerprint density at radius 1 is 1.29 bits per heavy atom. The van der Waals surface area contributed by atoms with E-state index in [0.29, 0.717) is 11.7 Å². The van der Waals surface area contributed by atoms with E-state index >= 15 is 0 Å². The number of carbonyl (C=O) groups excluding carboxylic acids is 1. The van der Waals surface area contributed by atoms with Gasteiger partial charge in [0.1, 0.15) is 0 Å². The average molecular weight is 215 g/mol. The summed E-state index contributed by atoms with van der Waals surface area (Å²) in [7, 11) is 0. The van der Waals surface area contributed by atoms with Gasteiger partial charge in [0.25, 0.3) is 0 Å². The summed E-state index contributed by atoms with van der Waals surface area (Å²) in [5, 5.41) is 3.33. The quantitative estimate of drug-likeness (QED) is 0.683. The highest BCUT2D eigenvalue weighted by molar-refractivity contribution is 8.00. The molecule has 0 aromatic carbocycles. The Hall–Kier alpha value is -0.260. The van der Waals surface area contributed by atoms with Crippen molar-refractivity contribution >= 4 is 17.7 Å². The van der Waals surface area contributed by atoms with Gasteiger partial charge in [0.05, 0.1) is 11.6 Å². The minimum Gasteiger partial charge on any atom is -0.331 e. The van der Waals surface area contributed by atoms with Crippen LogP contribution in [-0.2, 0) is 4.79 Å². The van der Waals surface area contributed by atoms with Gasteiger partial charge in [0.2, 0.25) is 5.91 Å². The number of nitrogens with zero attached hydrogens (tertiary/aromatic N) is 2. The van der Waals surface area contributed by atoms with Gasteiger partial charge < -0.3 is 10.2 Å². The Labute approximate surface area is 89.0 Å². The summed E-state index contributed by atoms with van der Waals surface area (Å²) in [4.78, 5) is 15.7. The van der Waals surface area contributed by atoms with Gasteiger partial charge in [-0.2, -0.15) is 0 Å². The number of piperazine rings is 1. The lowest BCUT2D eigenvalue weighted by Crippen LogP contribution is -2.46. The third kappa shape index (κ3) is 2.62. The molecule has 2 heterocycles. The van der Waals surface area contributed by atoms with Gasteiger partial charge in [-0.25, -0.2) is 0 Å². The molecule has 0 saturated carbocycles. The zero-order valence-corrected chi connectivity index (χ0v) is 9.18. The first-order valence-electron chi connectivity index (χ1n) is 5.15. The molecule has 0 aromatic heterocycles. The standard InChI is InChI=1S/C9H17N3OS/c13-9-7-14-8-12(9)6-5-11-3-1-10-2-4-11/h10H,1-8H2. The molecule has 1 amide bonds. The van der Waals surface area contributed by atoms with Crippen molar-refractivity contribution < 1.29 is 4.79 Å². The predicted molar refractivity (Wildman–Crippen MR) is 58.3 cm³/mol.